The van der Waals surface area contributed by atoms with Gasteiger partial charge in [0.2, 0.25) is 0 Å². The van der Waals surface area contributed by atoms with Crippen molar-refractivity contribution in [3.05, 3.63) is 44.6 Å². The van der Waals surface area contributed by atoms with Gasteiger partial charge in [-0.25, -0.2) is 0 Å². The predicted octanol–water partition coefficient (Wildman–Crippen LogP) is 3.09. The van der Waals surface area contributed by atoms with Crippen LogP contribution >= 0.6 is 27.3 Å². The lowest BCUT2D eigenvalue weighted by Crippen LogP contribution is -2.25. The maximum atomic E-state index is 12.3. The lowest BCUT2D eigenvalue weighted by atomic mass is 10.1. The summed E-state index contributed by atoms with van der Waals surface area (Å²) in [5.74, 6) is -0.120. The fraction of sp³-hybridized carbons (Fsp3) is 0.214. The molecule has 0 atom stereocenters. The molecule has 0 aliphatic rings. The summed E-state index contributed by atoms with van der Waals surface area (Å²) in [6, 6.07) is 9.31. The van der Waals surface area contributed by atoms with Crippen LogP contribution in [0.4, 0.5) is 11.4 Å². The summed E-state index contributed by atoms with van der Waals surface area (Å²) >= 11 is 5.01. The first-order valence-corrected chi connectivity index (χ1v) is 7.67. The molecule has 0 fully saturated rings. The Kier molecular flexibility index (Phi) is 4.67. The van der Waals surface area contributed by atoms with Crippen molar-refractivity contribution in [3.63, 3.8) is 0 Å². The van der Waals surface area contributed by atoms with Crippen LogP contribution in [0.15, 0.2) is 34.1 Å². The van der Waals surface area contributed by atoms with Gasteiger partial charge in [0, 0.05) is 30.3 Å². The van der Waals surface area contributed by atoms with E-state index in [1.807, 2.05) is 37.2 Å². The van der Waals surface area contributed by atoms with Gasteiger partial charge in [0.25, 0.3) is 5.91 Å². The van der Waals surface area contributed by atoms with Gasteiger partial charge in [-0.05, 0) is 46.3 Å². The van der Waals surface area contributed by atoms with Gasteiger partial charge in [-0.15, -0.1) is 11.3 Å². The second-order valence-electron chi connectivity index (χ2n) is 4.56. The molecular weight excluding hydrogens is 338 g/mol. The van der Waals surface area contributed by atoms with Gasteiger partial charge in [0.05, 0.1) is 15.9 Å². The molecule has 1 heterocycles. The minimum absolute atomic E-state index is 0.120. The van der Waals surface area contributed by atoms with Gasteiger partial charge < -0.3 is 16.0 Å². The van der Waals surface area contributed by atoms with E-state index in [9.17, 15) is 4.79 Å². The van der Waals surface area contributed by atoms with Crippen LogP contribution in [0.1, 0.15) is 15.2 Å². The molecule has 20 heavy (non-hydrogen) atoms. The zero-order chi connectivity index (χ0) is 14.7. The van der Waals surface area contributed by atoms with Crippen molar-refractivity contribution in [2.45, 2.75) is 6.54 Å². The molecule has 0 aliphatic heterocycles. The molecule has 0 radical (unpaired) electrons. The minimum atomic E-state index is -0.120. The number of carbonyl (C=O) groups excluding carboxylic acids is 1. The number of nitrogen functional groups attached to an aromatic ring is 1. The Labute approximate surface area is 130 Å². The van der Waals surface area contributed by atoms with E-state index < -0.39 is 0 Å². The fourth-order valence-electron chi connectivity index (χ4n) is 1.83. The van der Waals surface area contributed by atoms with Crippen LogP contribution in [0.3, 0.4) is 0 Å². The fourth-order valence-corrected chi connectivity index (χ4v) is 3.26. The normalized spacial score (nSPS) is 10.3. The van der Waals surface area contributed by atoms with Gasteiger partial charge in [-0.2, -0.15) is 0 Å². The van der Waals surface area contributed by atoms with Gasteiger partial charge in [-0.1, -0.05) is 0 Å². The summed E-state index contributed by atoms with van der Waals surface area (Å²) in [5, 5.41) is 2.92. The zero-order valence-electron chi connectivity index (χ0n) is 11.3. The molecule has 2 aromatic rings. The molecule has 0 saturated heterocycles. The lowest BCUT2D eigenvalue weighted by molar-refractivity contribution is 0.0952. The summed E-state index contributed by atoms with van der Waals surface area (Å²) in [4.78, 5) is 15.3. The number of amides is 1. The molecule has 4 nitrogen and oxygen atoms in total. The van der Waals surface area contributed by atoms with Crippen molar-refractivity contribution in [2.24, 2.45) is 0 Å². The molecule has 0 aliphatic carbocycles. The quantitative estimate of drug-likeness (QED) is 0.830. The Balaban J connectivity index is 2.14. The van der Waals surface area contributed by atoms with Crippen LogP contribution in [0.2, 0.25) is 0 Å². The Morgan fingerprint density at radius 2 is 2.10 bits per heavy atom. The van der Waals surface area contributed by atoms with Crippen molar-refractivity contribution in [1.82, 2.24) is 5.32 Å². The highest BCUT2D eigenvalue weighted by Gasteiger charge is 2.13. The monoisotopic (exact) mass is 353 g/mol. The number of nitrogens with one attached hydrogen (secondary N) is 1. The van der Waals surface area contributed by atoms with Crippen LogP contribution in [0.25, 0.3) is 0 Å². The number of benzene rings is 1. The topological polar surface area (TPSA) is 58.4 Å². The summed E-state index contributed by atoms with van der Waals surface area (Å²) in [6.45, 7) is 0.511. The third-order valence-electron chi connectivity index (χ3n) is 2.80. The van der Waals surface area contributed by atoms with Gasteiger partial charge >= 0.3 is 0 Å². The molecule has 0 bridgehead atoms. The van der Waals surface area contributed by atoms with E-state index in [0.29, 0.717) is 17.8 Å². The number of hydrogen-bond donors (Lipinski definition) is 2. The van der Waals surface area contributed by atoms with E-state index in [4.69, 9.17) is 5.73 Å². The van der Waals surface area contributed by atoms with Gasteiger partial charge in [-0.3, -0.25) is 4.79 Å². The van der Waals surface area contributed by atoms with Crippen molar-refractivity contribution in [1.29, 1.82) is 0 Å². The molecule has 1 aromatic heterocycles. The van der Waals surface area contributed by atoms with E-state index in [1.54, 1.807) is 23.5 Å². The van der Waals surface area contributed by atoms with Crippen LogP contribution in [0, 0.1) is 0 Å². The summed E-state index contributed by atoms with van der Waals surface area (Å²) in [6.07, 6.45) is 0. The summed E-state index contributed by atoms with van der Waals surface area (Å²) in [5.41, 5.74) is 7.80. The number of anilines is 2. The first-order valence-electron chi connectivity index (χ1n) is 6.06. The Morgan fingerprint density at radius 1 is 1.35 bits per heavy atom. The van der Waals surface area contributed by atoms with E-state index in [2.05, 4.69) is 21.2 Å². The molecule has 106 valence electrons. The van der Waals surface area contributed by atoms with E-state index in [0.717, 1.165) is 14.4 Å². The number of thiophene rings is 1. The average molecular weight is 354 g/mol. The number of nitrogens with zero attached hydrogens (tertiary/aromatic N) is 1. The number of carbonyl (C=O) groups is 1. The third kappa shape index (κ3) is 3.52. The highest BCUT2D eigenvalue weighted by atomic mass is 79.9. The van der Waals surface area contributed by atoms with E-state index in [-0.39, 0.29) is 5.91 Å². The second kappa shape index (κ2) is 6.28. The van der Waals surface area contributed by atoms with Crippen LogP contribution in [-0.2, 0) is 6.54 Å². The smallest absolute Gasteiger partial charge is 0.253 e. The Morgan fingerprint density at radius 3 is 2.70 bits per heavy atom. The van der Waals surface area contributed by atoms with Crippen molar-refractivity contribution >= 4 is 44.5 Å². The maximum Gasteiger partial charge on any atom is 0.253 e. The largest absolute Gasteiger partial charge is 0.399 e. The van der Waals surface area contributed by atoms with Crippen molar-refractivity contribution < 1.29 is 4.79 Å². The summed E-state index contributed by atoms with van der Waals surface area (Å²) < 4.78 is 1.06. The zero-order valence-corrected chi connectivity index (χ0v) is 13.7. The summed E-state index contributed by atoms with van der Waals surface area (Å²) in [7, 11) is 3.80. The van der Waals surface area contributed by atoms with Crippen LogP contribution in [0.5, 0.6) is 0 Å². The lowest BCUT2D eigenvalue weighted by Gasteiger charge is -2.17. The SMILES string of the molecule is CN(C)c1ccc(N)cc1C(=O)NCc1ccc(Br)s1. The first-order chi connectivity index (χ1) is 9.47. The Hall–Kier alpha value is -1.53. The maximum absolute atomic E-state index is 12.3. The molecule has 0 saturated carbocycles. The van der Waals surface area contributed by atoms with Crippen LogP contribution < -0.4 is 16.0 Å². The highest BCUT2D eigenvalue weighted by molar-refractivity contribution is 9.11. The molecule has 6 heteroatoms. The molecule has 1 amide bonds. The highest BCUT2D eigenvalue weighted by Crippen LogP contribution is 2.23. The number of halogens is 1. The van der Waals surface area contributed by atoms with E-state index >= 15 is 0 Å². The second-order valence-corrected chi connectivity index (χ2v) is 7.11. The first kappa shape index (κ1) is 14.9. The number of rotatable bonds is 4. The molecule has 0 unspecified atom stereocenters. The third-order valence-corrected chi connectivity index (χ3v) is 4.42. The van der Waals surface area contributed by atoms with Crippen molar-refractivity contribution in [3.8, 4) is 0 Å². The van der Waals surface area contributed by atoms with Gasteiger partial charge in [0.15, 0.2) is 0 Å². The number of hydrogen-bond acceptors (Lipinski definition) is 4. The molecule has 1 aromatic carbocycles. The molecule has 3 N–H and O–H groups in total. The minimum Gasteiger partial charge on any atom is -0.399 e. The van der Waals surface area contributed by atoms with E-state index in [1.165, 1.54) is 0 Å². The van der Waals surface area contributed by atoms with Gasteiger partial charge in [0.1, 0.15) is 0 Å². The molecule has 0 spiro atoms. The Bertz CT molecular complexity index is 625. The molecular formula is C14H16BrN3OS. The standard InChI is InChI=1S/C14H16BrN3OS/c1-18(2)12-5-3-9(16)7-11(12)14(19)17-8-10-4-6-13(15)20-10/h3-7H,8,16H2,1-2H3,(H,17,19). The predicted molar refractivity (Wildman–Crippen MR) is 88.4 cm³/mol. The van der Waals surface area contributed by atoms with Crippen molar-refractivity contribution in [2.75, 3.05) is 24.7 Å². The number of nitrogens with two attached hydrogens (primary N) is 1. The van der Waals surface area contributed by atoms with Crippen LogP contribution in [-0.4, -0.2) is 20.0 Å². The molecule has 2 rings (SSSR count). The average Bonchev–Trinajstić information content (AvgIpc) is 2.81.